The van der Waals surface area contributed by atoms with Gasteiger partial charge in [-0.1, -0.05) is 6.92 Å². The first kappa shape index (κ1) is 21.7. The highest BCUT2D eigenvalue weighted by Crippen LogP contribution is 2.33. The Hall–Kier alpha value is -2.10. The molecule has 0 N–H and O–H groups in total. The molecule has 0 unspecified atom stereocenters. The number of carbonyl (C=O) groups excluding carboxylic acids is 1. The van der Waals surface area contributed by atoms with Gasteiger partial charge in [0.05, 0.1) is 22.4 Å². The lowest BCUT2D eigenvalue weighted by Crippen LogP contribution is -2.48. The molecule has 0 aromatic carbocycles. The van der Waals surface area contributed by atoms with E-state index in [0.717, 1.165) is 74.3 Å². The maximum Gasteiger partial charge on any atom is 0.262 e. The number of carbonyl (C=O) groups is 1. The quantitative estimate of drug-likeness (QED) is 0.553. The van der Waals surface area contributed by atoms with E-state index in [1.807, 2.05) is 4.90 Å². The van der Waals surface area contributed by atoms with E-state index in [-0.39, 0.29) is 11.5 Å². The first-order chi connectivity index (χ1) is 15.6. The minimum atomic E-state index is 0.0155. The summed E-state index contributed by atoms with van der Waals surface area (Å²) in [5.41, 5.74) is 2.35. The lowest BCUT2D eigenvalue weighted by molar-refractivity contribution is -0.133. The average Bonchev–Trinajstić information content (AvgIpc) is 3.43. The van der Waals surface area contributed by atoms with Crippen molar-refractivity contribution in [2.75, 3.05) is 26.2 Å². The van der Waals surface area contributed by atoms with Crippen LogP contribution in [0.5, 0.6) is 0 Å². The number of fused-ring (bicyclic) bond motifs is 3. The summed E-state index contributed by atoms with van der Waals surface area (Å²) < 4.78 is 1.63. The third-order valence-corrected chi connectivity index (χ3v) is 8.76. The summed E-state index contributed by atoms with van der Waals surface area (Å²) in [7, 11) is 0. The van der Waals surface area contributed by atoms with Crippen LogP contribution in [0.2, 0.25) is 0 Å². The number of rotatable bonds is 6. The van der Waals surface area contributed by atoms with E-state index in [4.69, 9.17) is 0 Å². The van der Waals surface area contributed by atoms with Gasteiger partial charge in [0.2, 0.25) is 5.91 Å². The second kappa shape index (κ2) is 9.41. The molecular formula is C23H29N5O2S2. The van der Waals surface area contributed by atoms with Gasteiger partial charge in [-0.3, -0.25) is 19.1 Å². The SMILES string of the molecule is CCc1nc(CN2CCN(C(=O)CCn3cnc4sc5c(c4c3=O)CCCC5)CC2)cs1. The normalized spacial score (nSPS) is 17.1. The maximum atomic E-state index is 13.1. The summed E-state index contributed by atoms with van der Waals surface area (Å²) in [6.45, 7) is 6.55. The Morgan fingerprint density at radius 3 is 2.75 bits per heavy atom. The van der Waals surface area contributed by atoms with Gasteiger partial charge in [-0.2, -0.15) is 0 Å². The van der Waals surface area contributed by atoms with Crippen LogP contribution in [0.25, 0.3) is 10.2 Å². The Kier molecular flexibility index (Phi) is 6.39. The summed E-state index contributed by atoms with van der Waals surface area (Å²) in [5, 5.41) is 4.12. The molecule has 3 aromatic heterocycles. The van der Waals surface area contributed by atoms with E-state index >= 15 is 0 Å². The number of amides is 1. The molecule has 1 aliphatic heterocycles. The fourth-order valence-corrected chi connectivity index (χ4v) is 6.64. The largest absolute Gasteiger partial charge is 0.340 e. The molecule has 0 saturated carbocycles. The lowest BCUT2D eigenvalue weighted by atomic mass is 9.97. The molecule has 9 heteroatoms. The number of nitrogens with zero attached hydrogens (tertiary/aromatic N) is 5. The third kappa shape index (κ3) is 4.38. The van der Waals surface area contributed by atoms with Crippen molar-refractivity contribution in [1.82, 2.24) is 24.3 Å². The molecule has 0 atom stereocenters. The molecule has 1 saturated heterocycles. The van der Waals surface area contributed by atoms with Crippen molar-refractivity contribution < 1.29 is 4.79 Å². The summed E-state index contributed by atoms with van der Waals surface area (Å²) >= 11 is 3.39. The van der Waals surface area contributed by atoms with Gasteiger partial charge in [0.1, 0.15) is 4.83 Å². The molecule has 2 aliphatic rings. The van der Waals surface area contributed by atoms with E-state index < -0.39 is 0 Å². The predicted molar refractivity (Wildman–Crippen MR) is 128 cm³/mol. The fraction of sp³-hybridized carbons (Fsp3) is 0.565. The minimum Gasteiger partial charge on any atom is -0.340 e. The van der Waals surface area contributed by atoms with Crippen molar-refractivity contribution in [1.29, 1.82) is 0 Å². The van der Waals surface area contributed by atoms with Crippen molar-refractivity contribution >= 4 is 38.8 Å². The number of thiazole rings is 1. The van der Waals surface area contributed by atoms with Crippen LogP contribution < -0.4 is 5.56 Å². The predicted octanol–water partition coefficient (Wildman–Crippen LogP) is 3.09. The Bertz CT molecular complexity index is 1170. The van der Waals surface area contributed by atoms with Crippen LogP contribution in [-0.2, 0) is 37.1 Å². The molecule has 32 heavy (non-hydrogen) atoms. The average molecular weight is 472 g/mol. The van der Waals surface area contributed by atoms with E-state index in [0.29, 0.717) is 13.0 Å². The van der Waals surface area contributed by atoms with Gasteiger partial charge >= 0.3 is 0 Å². The lowest BCUT2D eigenvalue weighted by Gasteiger charge is -2.34. The summed E-state index contributed by atoms with van der Waals surface area (Å²) in [6, 6.07) is 0. The molecular weight excluding hydrogens is 442 g/mol. The van der Waals surface area contributed by atoms with Crippen molar-refractivity contribution in [3.8, 4) is 0 Å². The molecule has 3 aromatic rings. The number of aryl methyl sites for hydroxylation is 4. The molecule has 7 nitrogen and oxygen atoms in total. The molecule has 170 valence electrons. The van der Waals surface area contributed by atoms with E-state index in [1.165, 1.54) is 21.9 Å². The number of hydrogen-bond acceptors (Lipinski definition) is 7. The highest BCUT2D eigenvalue weighted by Gasteiger charge is 2.23. The number of piperazine rings is 1. The van der Waals surface area contributed by atoms with Crippen LogP contribution in [0, 0.1) is 0 Å². The summed E-state index contributed by atoms with van der Waals surface area (Å²) in [4.78, 5) is 41.5. The number of hydrogen-bond donors (Lipinski definition) is 0. The molecule has 1 amide bonds. The van der Waals surface area contributed by atoms with Crippen LogP contribution in [0.15, 0.2) is 16.5 Å². The molecule has 0 bridgehead atoms. The molecule has 0 radical (unpaired) electrons. The molecule has 5 rings (SSSR count). The van der Waals surface area contributed by atoms with Crippen molar-refractivity contribution in [3.63, 3.8) is 0 Å². The Morgan fingerprint density at radius 1 is 1.16 bits per heavy atom. The van der Waals surface area contributed by atoms with Gasteiger partial charge in [0, 0.05) is 55.9 Å². The van der Waals surface area contributed by atoms with Crippen molar-refractivity contribution in [2.24, 2.45) is 0 Å². The van der Waals surface area contributed by atoms with Crippen LogP contribution in [0.1, 0.15) is 47.3 Å². The monoisotopic (exact) mass is 471 g/mol. The second-order valence-corrected chi connectivity index (χ2v) is 10.7. The molecule has 1 fully saturated rings. The highest BCUT2D eigenvalue weighted by atomic mass is 32.1. The van der Waals surface area contributed by atoms with Crippen LogP contribution >= 0.6 is 22.7 Å². The van der Waals surface area contributed by atoms with E-state index in [9.17, 15) is 9.59 Å². The van der Waals surface area contributed by atoms with Gasteiger partial charge in [0.25, 0.3) is 5.56 Å². The van der Waals surface area contributed by atoms with Crippen LogP contribution in [-0.4, -0.2) is 56.4 Å². The number of aromatic nitrogens is 3. The fourth-order valence-electron chi connectivity index (χ4n) is 4.68. The zero-order valence-electron chi connectivity index (χ0n) is 18.5. The van der Waals surface area contributed by atoms with Crippen LogP contribution in [0.4, 0.5) is 0 Å². The van der Waals surface area contributed by atoms with Gasteiger partial charge in [-0.05, 0) is 37.7 Å². The minimum absolute atomic E-state index is 0.0155. The smallest absolute Gasteiger partial charge is 0.262 e. The highest BCUT2D eigenvalue weighted by molar-refractivity contribution is 7.18. The maximum absolute atomic E-state index is 13.1. The first-order valence-electron chi connectivity index (χ1n) is 11.6. The number of thiophene rings is 1. The standard InChI is InChI=1S/C23H29N5O2S2/c1-2-19-25-16(14-31-19)13-26-9-11-27(12-10-26)20(29)7-8-28-15-24-22-21(23(28)30)17-5-3-4-6-18(17)32-22/h14-15H,2-13H2,1H3. The Balaban J connectivity index is 1.17. The zero-order chi connectivity index (χ0) is 22.1. The van der Waals surface area contributed by atoms with Crippen molar-refractivity contribution in [2.45, 2.75) is 58.5 Å². The van der Waals surface area contributed by atoms with Gasteiger partial charge in [-0.15, -0.1) is 22.7 Å². The van der Waals surface area contributed by atoms with Gasteiger partial charge < -0.3 is 4.90 Å². The first-order valence-corrected chi connectivity index (χ1v) is 13.2. The van der Waals surface area contributed by atoms with Gasteiger partial charge in [-0.25, -0.2) is 9.97 Å². The summed E-state index contributed by atoms with van der Waals surface area (Å²) in [5.74, 6) is 0.117. The molecule has 0 spiro atoms. The Morgan fingerprint density at radius 2 is 1.97 bits per heavy atom. The molecule has 1 aliphatic carbocycles. The zero-order valence-corrected chi connectivity index (χ0v) is 20.1. The van der Waals surface area contributed by atoms with E-state index in [1.54, 1.807) is 33.6 Å². The summed E-state index contributed by atoms with van der Waals surface area (Å²) in [6.07, 6.45) is 7.30. The third-order valence-electron chi connectivity index (χ3n) is 6.52. The van der Waals surface area contributed by atoms with E-state index in [2.05, 4.69) is 27.2 Å². The van der Waals surface area contributed by atoms with Crippen molar-refractivity contribution in [3.05, 3.63) is 43.2 Å². The molecule has 4 heterocycles. The Labute approximate surface area is 195 Å². The topological polar surface area (TPSA) is 71.3 Å². The van der Waals surface area contributed by atoms with Crippen LogP contribution in [0.3, 0.4) is 0 Å². The van der Waals surface area contributed by atoms with Gasteiger partial charge in [0.15, 0.2) is 0 Å². The second-order valence-electron chi connectivity index (χ2n) is 8.63.